The summed E-state index contributed by atoms with van der Waals surface area (Å²) in [6.45, 7) is 11.2. The van der Waals surface area contributed by atoms with Crippen molar-refractivity contribution in [2.24, 2.45) is 11.8 Å². The number of piperidine rings is 1. The van der Waals surface area contributed by atoms with Crippen LogP contribution >= 0.6 is 0 Å². The minimum absolute atomic E-state index is 0.0347. The van der Waals surface area contributed by atoms with Crippen molar-refractivity contribution in [2.75, 3.05) is 84.6 Å². The van der Waals surface area contributed by atoms with Gasteiger partial charge in [0.05, 0.1) is 25.1 Å². The molecule has 5 heterocycles. The van der Waals surface area contributed by atoms with Gasteiger partial charge >= 0.3 is 6.09 Å². The average Bonchev–Trinajstić information content (AvgIpc) is 3.94. The van der Waals surface area contributed by atoms with Crippen LogP contribution in [0.2, 0.25) is 0 Å². The Kier molecular flexibility index (Phi) is 11.0. The Labute approximate surface area is 331 Å². The summed E-state index contributed by atoms with van der Waals surface area (Å²) in [4.78, 5) is 34.0. The van der Waals surface area contributed by atoms with E-state index in [1.54, 1.807) is 34.5 Å². The molecule has 8 rings (SSSR count). The first-order valence-electron chi connectivity index (χ1n) is 20.4. The zero-order valence-corrected chi connectivity index (χ0v) is 33.6. The number of likely N-dealkylation sites (tertiary alicyclic amines) is 3. The Morgan fingerprint density at radius 2 is 1.71 bits per heavy atom. The second-order valence-corrected chi connectivity index (χ2v) is 19.0. The van der Waals surface area contributed by atoms with Gasteiger partial charge in [-0.2, -0.15) is 4.31 Å². The number of sulfonamides is 1. The number of halogens is 1. The van der Waals surface area contributed by atoms with E-state index in [1.165, 1.54) is 25.7 Å². The van der Waals surface area contributed by atoms with Gasteiger partial charge in [-0.15, -0.1) is 0 Å². The Balaban J connectivity index is 0.926. The quantitative estimate of drug-likeness (QED) is 0.300. The molecule has 6 aliphatic rings. The predicted octanol–water partition coefficient (Wildman–Crippen LogP) is 4.07. The SMILES string of the molecule is C=CC(=O)N1C[C@@H]2C[C@H]1CN2S(=O)(=O)c1ccc(N2CC(CN3CCC(C(CN4CCC4)(c4cccc(F)c4)[C@H]4CCC[C@@H]4NC(=O)OC)CC3)(OC)C2)cc1. The van der Waals surface area contributed by atoms with Crippen LogP contribution < -0.4 is 10.2 Å². The van der Waals surface area contributed by atoms with Crippen molar-refractivity contribution in [1.82, 2.24) is 24.3 Å². The van der Waals surface area contributed by atoms with E-state index in [-0.39, 0.29) is 51.7 Å². The largest absolute Gasteiger partial charge is 0.453 e. The summed E-state index contributed by atoms with van der Waals surface area (Å²) in [6, 6.07) is 14.1. The molecular formula is C42H57FN6O6S. The lowest BCUT2D eigenvalue weighted by molar-refractivity contribution is -0.127. The number of benzene rings is 2. The number of rotatable bonds is 13. The molecule has 1 aliphatic carbocycles. The summed E-state index contributed by atoms with van der Waals surface area (Å²) in [5.41, 5.74) is 1.34. The zero-order chi connectivity index (χ0) is 39.2. The van der Waals surface area contributed by atoms with Gasteiger partial charge in [0.1, 0.15) is 11.4 Å². The number of hydrogen-bond donors (Lipinski definition) is 1. The highest BCUT2D eigenvalue weighted by atomic mass is 32.2. The summed E-state index contributed by atoms with van der Waals surface area (Å²) in [7, 11) is -0.491. The minimum Gasteiger partial charge on any atom is -0.453 e. The highest BCUT2D eigenvalue weighted by Crippen LogP contribution is 2.52. The van der Waals surface area contributed by atoms with Crippen molar-refractivity contribution in [3.63, 3.8) is 0 Å². The van der Waals surface area contributed by atoms with Crippen LogP contribution in [0.1, 0.15) is 50.5 Å². The summed E-state index contributed by atoms with van der Waals surface area (Å²) >= 11 is 0. The molecular weight excluding hydrogens is 736 g/mol. The number of amides is 2. The van der Waals surface area contributed by atoms with Crippen LogP contribution in [-0.4, -0.2) is 143 Å². The maximum atomic E-state index is 15.1. The Hall–Kier alpha value is -3.56. The minimum atomic E-state index is -3.68. The molecule has 12 nitrogen and oxygen atoms in total. The average molecular weight is 793 g/mol. The summed E-state index contributed by atoms with van der Waals surface area (Å²) in [5.74, 6) is 0.108. The smallest absolute Gasteiger partial charge is 0.407 e. The van der Waals surface area contributed by atoms with Crippen molar-refractivity contribution < 1.29 is 31.9 Å². The molecule has 1 saturated carbocycles. The molecule has 1 N–H and O–H groups in total. The molecule has 5 aliphatic heterocycles. The van der Waals surface area contributed by atoms with E-state index in [4.69, 9.17) is 9.47 Å². The maximum absolute atomic E-state index is 15.1. The molecule has 56 heavy (non-hydrogen) atoms. The van der Waals surface area contributed by atoms with Crippen molar-refractivity contribution in [1.29, 1.82) is 0 Å². The van der Waals surface area contributed by atoms with Gasteiger partial charge in [0.15, 0.2) is 0 Å². The highest BCUT2D eigenvalue weighted by molar-refractivity contribution is 7.89. The standard InChI is InChI=1S/C42H57FN6O6S/c1-4-39(50)48-24-35-23-34(48)25-49(35)56(52,53)36-14-12-33(13-15-36)47-27-41(28-47,55-3)26-46-20-16-30(17-21-46)42(29-45-18-7-19-45,31-8-5-9-32(43)22-31)37-10-6-11-38(37)44-40(51)54-2/h4-5,8-9,12-15,22,30,34-35,37-38H,1,6-7,10-11,16-21,23-29H2,2-3H3,(H,44,51)/t34-,35-,37-,38-,42?/m0/s1. The molecule has 5 saturated heterocycles. The molecule has 0 spiro atoms. The van der Waals surface area contributed by atoms with E-state index in [0.29, 0.717) is 38.5 Å². The number of carbonyl (C=O) groups is 2. The van der Waals surface area contributed by atoms with Gasteiger partial charge in [-0.3, -0.25) is 4.79 Å². The zero-order valence-electron chi connectivity index (χ0n) is 32.8. The number of ether oxygens (including phenoxy) is 2. The van der Waals surface area contributed by atoms with Crippen molar-refractivity contribution in [2.45, 2.75) is 79.0 Å². The maximum Gasteiger partial charge on any atom is 0.407 e. The molecule has 2 aromatic carbocycles. The normalized spacial score (nSPS) is 28.1. The van der Waals surface area contributed by atoms with E-state index >= 15 is 4.39 Å². The first kappa shape index (κ1) is 39.3. The number of hydrogen-bond acceptors (Lipinski definition) is 9. The van der Waals surface area contributed by atoms with E-state index in [2.05, 4.69) is 32.7 Å². The number of nitrogens with one attached hydrogen (secondary N) is 1. The molecule has 2 aromatic rings. The topological polar surface area (TPSA) is 115 Å². The van der Waals surface area contributed by atoms with Crippen LogP contribution in [0.15, 0.2) is 66.1 Å². The van der Waals surface area contributed by atoms with E-state index < -0.39 is 16.1 Å². The Morgan fingerprint density at radius 3 is 2.32 bits per heavy atom. The third kappa shape index (κ3) is 7.14. The van der Waals surface area contributed by atoms with Crippen LogP contribution in [0.25, 0.3) is 0 Å². The molecule has 6 fully saturated rings. The molecule has 2 bridgehead atoms. The molecule has 0 radical (unpaired) electrons. The van der Waals surface area contributed by atoms with Gasteiger partial charge in [0.2, 0.25) is 15.9 Å². The van der Waals surface area contributed by atoms with Crippen molar-refractivity contribution in [3.8, 4) is 0 Å². The molecule has 0 aromatic heterocycles. The van der Waals surface area contributed by atoms with Crippen LogP contribution in [0, 0.1) is 17.7 Å². The van der Waals surface area contributed by atoms with E-state index in [9.17, 15) is 18.0 Å². The second kappa shape index (κ2) is 15.7. The molecule has 1 unspecified atom stereocenters. The third-order valence-corrected chi connectivity index (χ3v) is 16.1. The predicted molar refractivity (Wildman–Crippen MR) is 211 cm³/mol. The van der Waals surface area contributed by atoms with Gasteiger partial charge in [-0.05, 0) is 125 Å². The number of nitrogens with zero attached hydrogens (tertiary/aromatic N) is 5. The number of carbonyl (C=O) groups excluding carboxylic acids is 2. The number of alkyl carbamates (subject to hydrolysis) is 1. The van der Waals surface area contributed by atoms with Gasteiger partial charge in [-0.25, -0.2) is 17.6 Å². The van der Waals surface area contributed by atoms with Gasteiger partial charge < -0.3 is 34.4 Å². The Morgan fingerprint density at radius 1 is 0.964 bits per heavy atom. The van der Waals surface area contributed by atoms with Crippen LogP contribution in [0.4, 0.5) is 14.9 Å². The fraction of sp³-hybridized carbons (Fsp3) is 0.619. The lowest BCUT2D eigenvalue weighted by Crippen LogP contribution is -2.68. The van der Waals surface area contributed by atoms with E-state index in [1.807, 2.05) is 18.2 Å². The lowest BCUT2D eigenvalue weighted by Gasteiger charge is -2.55. The fourth-order valence-corrected chi connectivity index (χ4v) is 12.8. The first-order chi connectivity index (χ1) is 27.0. The number of fused-ring (bicyclic) bond motifs is 2. The second-order valence-electron chi connectivity index (χ2n) is 17.1. The van der Waals surface area contributed by atoms with Gasteiger partial charge in [0.25, 0.3) is 0 Å². The summed E-state index contributed by atoms with van der Waals surface area (Å²) < 4.78 is 55.1. The Bertz CT molecular complexity index is 1880. The number of methoxy groups -OCH3 is 2. The number of piperazine rings is 1. The summed E-state index contributed by atoms with van der Waals surface area (Å²) in [6.07, 6.45) is 7.53. The van der Waals surface area contributed by atoms with Gasteiger partial charge in [0, 0.05) is 62.5 Å². The number of anilines is 1. The van der Waals surface area contributed by atoms with Crippen LogP contribution in [-0.2, 0) is 29.7 Å². The molecule has 304 valence electrons. The summed E-state index contributed by atoms with van der Waals surface area (Å²) in [5, 5.41) is 3.18. The third-order valence-electron chi connectivity index (χ3n) is 14.1. The highest BCUT2D eigenvalue weighted by Gasteiger charge is 2.54. The van der Waals surface area contributed by atoms with E-state index in [0.717, 1.165) is 82.6 Å². The molecule has 2 amide bonds. The van der Waals surface area contributed by atoms with Gasteiger partial charge in [-0.1, -0.05) is 25.1 Å². The van der Waals surface area contributed by atoms with Crippen LogP contribution in [0.5, 0.6) is 0 Å². The van der Waals surface area contributed by atoms with Crippen molar-refractivity contribution in [3.05, 3.63) is 72.6 Å². The molecule has 14 heteroatoms. The van der Waals surface area contributed by atoms with Crippen molar-refractivity contribution >= 4 is 27.7 Å². The monoisotopic (exact) mass is 792 g/mol. The first-order valence-corrected chi connectivity index (χ1v) is 21.8. The van der Waals surface area contributed by atoms with Crippen LogP contribution in [0.3, 0.4) is 0 Å². The fourth-order valence-electron chi connectivity index (χ4n) is 11.2. The lowest BCUT2D eigenvalue weighted by atomic mass is 9.57. The molecule has 5 atom stereocenters.